The zero-order valence-corrected chi connectivity index (χ0v) is 17.2. The number of nitrogens with zero attached hydrogens (tertiary/aromatic N) is 3. The van der Waals surface area contributed by atoms with E-state index in [0.717, 1.165) is 77.1 Å². The highest BCUT2D eigenvalue weighted by Crippen LogP contribution is 2.14. The second kappa shape index (κ2) is 12.7. The van der Waals surface area contributed by atoms with Crippen LogP contribution in [-0.4, -0.2) is 55.0 Å². The molecule has 7 heteroatoms. The molecule has 0 amide bonds. The molecule has 2 heterocycles. The summed E-state index contributed by atoms with van der Waals surface area (Å²) in [6, 6.07) is 0. The number of aromatic nitrogens is 2. The Kier molecular flexibility index (Phi) is 10.2. The molecule has 1 aromatic rings. The summed E-state index contributed by atoms with van der Waals surface area (Å²) < 4.78 is 13.4. The lowest BCUT2D eigenvalue weighted by molar-refractivity contribution is 0.0203. The quantitative estimate of drug-likeness (QED) is 0.351. The highest BCUT2D eigenvalue weighted by molar-refractivity contribution is 5.79. The molecule has 1 saturated heterocycles. The summed E-state index contributed by atoms with van der Waals surface area (Å²) in [6.45, 7) is 13.1. The number of ether oxygens (including phenoxy) is 2. The third-order valence-electron chi connectivity index (χ3n) is 4.54. The lowest BCUT2D eigenvalue weighted by Gasteiger charge is -2.21. The van der Waals surface area contributed by atoms with E-state index in [-0.39, 0.29) is 0 Å². The molecule has 154 valence electrons. The van der Waals surface area contributed by atoms with Crippen molar-refractivity contribution >= 4 is 5.96 Å². The van der Waals surface area contributed by atoms with Gasteiger partial charge < -0.3 is 24.7 Å². The molecule has 0 radical (unpaired) electrons. The molecule has 0 spiro atoms. The van der Waals surface area contributed by atoms with Crippen LogP contribution in [0.2, 0.25) is 0 Å². The second-order valence-electron chi connectivity index (χ2n) is 7.50. The number of rotatable bonds is 11. The van der Waals surface area contributed by atoms with Crippen molar-refractivity contribution in [1.82, 2.24) is 20.2 Å². The predicted octanol–water partition coefficient (Wildman–Crippen LogP) is 2.43. The monoisotopic (exact) mass is 379 g/mol. The van der Waals surface area contributed by atoms with Gasteiger partial charge in [-0.05, 0) is 38.0 Å². The van der Waals surface area contributed by atoms with Gasteiger partial charge in [-0.2, -0.15) is 0 Å². The molecular weight excluding hydrogens is 342 g/mol. The van der Waals surface area contributed by atoms with E-state index in [1.165, 1.54) is 0 Å². The Hall–Kier alpha value is -1.60. The van der Waals surface area contributed by atoms with Gasteiger partial charge in [-0.25, -0.2) is 9.98 Å². The molecule has 0 aromatic carbocycles. The molecule has 0 unspecified atom stereocenters. The first kappa shape index (κ1) is 21.7. The van der Waals surface area contributed by atoms with E-state index >= 15 is 0 Å². The fraction of sp³-hybridized carbons (Fsp3) is 0.800. The van der Waals surface area contributed by atoms with Crippen molar-refractivity contribution in [3.05, 3.63) is 18.2 Å². The van der Waals surface area contributed by atoms with E-state index in [9.17, 15) is 0 Å². The van der Waals surface area contributed by atoms with E-state index in [1.807, 2.05) is 12.4 Å². The van der Waals surface area contributed by atoms with Gasteiger partial charge in [-0.3, -0.25) is 0 Å². The van der Waals surface area contributed by atoms with Crippen LogP contribution in [0.1, 0.15) is 45.9 Å². The van der Waals surface area contributed by atoms with Crippen LogP contribution in [0.4, 0.5) is 0 Å². The van der Waals surface area contributed by atoms with E-state index in [0.29, 0.717) is 18.4 Å². The van der Waals surface area contributed by atoms with E-state index < -0.39 is 0 Å². The van der Waals surface area contributed by atoms with E-state index in [2.05, 4.69) is 45.9 Å². The third kappa shape index (κ3) is 8.75. The minimum absolute atomic E-state index is 0.579. The molecule has 7 nitrogen and oxygen atoms in total. The van der Waals surface area contributed by atoms with Crippen molar-refractivity contribution in [1.29, 1.82) is 0 Å². The molecule has 2 rings (SSSR count). The van der Waals surface area contributed by atoms with Gasteiger partial charge in [0.2, 0.25) is 0 Å². The first-order valence-electron chi connectivity index (χ1n) is 10.4. The largest absolute Gasteiger partial charge is 0.381 e. The molecule has 0 aliphatic carbocycles. The fourth-order valence-electron chi connectivity index (χ4n) is 3.09. The average molecular weight is 380 g/mol. The maximum Gasteiger partial charge on any atom is 0.191 e. The fourth-order valence-corrected chi connectivity index (χ4v) is 3.09. The van der Waals surface area contributed by atoms with Crippen LogP contribution in [0.25, 0.3) is 0 Å². The Morgan fingerprint density at radius 3 is 2.93 bits per heavy atom. The second-order valence-corrected chi connectivity index (χ2v) is 7.50. The first-order chi connectivity index (χ1) is 13.2. The molecular formula is C20H37N5O2. The Labute approximate surface area is 163 Å². The number of imidazole rings is 1. The van der Waals surface area contributed by atoms with Crippen LogP contribution in [0.15, 0.2) is 17.4 Å². The smallest absolute Gasteiger partial charge is 0.191 e. The van der Waals surface area contributed by atoms with Gasteiger partial charge in [0.1, 0.15) is 12.4 Å². The van der Waals surface area contributed by atoms with Crippen LogP contribution in [0.5, 0.6) is 0 Å². The van der Waals surface area contributed by atoms with Crippen LogP contribution >= 0.6 is 0 Å². The number of nitrogens with one attached hydrogen (secondary N) is 2. The zero-order chi connectivity index (χ0) is 19.3. The SMILES string of the molecule is CCNC(=NCc1nccn1CC(C)C)NCCCOCC1CCOCC1. The van der Waals surface area contributed by atoms with Gasteiger partial charge in [0.15, 0.2) is 5.96 Å². The van der Waals surface area contributed by atoms with Gasteiger partial charge in [0.25, 0.3) is 0 Å². The van der Waals surface area contributed by atoms with Gasteiger partial charge in [0, 0.05) is 58.5 Å². The number of hydrogen-bond acceptors (Lipinski definition) is 4. The highest BCUT2D eigenvalue weighted by Gasteiger charge is 2.13. The van der Waals surface area contributed by atoms with Crippen molar-refractivity contribution in [2.75, 3.05) is 39.5 Å². The van der Waals surface area contributed by atoms with Gasteiger partial charge >= 0.3 is 0 Å². The van der Waals surface area contributed by atoms with Crippen molar-refractivity contribution < 1.29 is 9.47 Å². The van der Waals surface area contributed by atoms with Crippen LogP contribution in [-0.2, 0) is 22.6 Å². The van der Waals surface area contributed by atoms with E-state index in [4.69, 9.17) is 9.47 Å². The Morgan fingerprint density at radius 1 is 1.37 bits per heavy atom. The zero-order valence-electron chi connectivity index (χ0n) is 17.2. The highest BCUT2D eigenvalue weighted by atomic mass is 16.5. The molecule has 1 aliphatic rings. The summed E-state index contributed by atoms with van der Waals surface area (Å²) in [4.78, 5) is 9.11. The molecule has 1 aliphatic heterocycles. The van der Waals surface area contributed by atoms with Crippen molar-refractivity contribution in [3.8, 4) is 0 Å². The van der Waals surface area contributed by atoms with Crippen LogP contribution in [0, 0.1) is 11.8 Å². The summed E-state index contributed by atoms with van der Waals surface area (Å²) in [5, 5.41) is 6.68. The maximum absolute atomic E-state index is 5.82. The predicted molar refractivity (Wildman–Crippen MR) is 109 cm³/mol. The number of aliphatic imine (C=N–C) groups is 1. The van der Waals surface area contributed by atoms with Gasteiger partial charge in [-0.15, -0.1) is 0 Å². The first-order valence-corrected chi connectivity index (χ1v) is 10.4. The van der Waals surface area contributed by atoms with Crippen molar-refractivity contribution in [2.24, 2.45) is 16.8 Å². The van der Waals surface area contributed by atoms with Crippen LogP contribution < -0.4 is 10.6 Å². The standard InChI is InChI=1S/C20H37N5O2/c1-4-21-20(24-14-19-22-9-10-25(19)15-17(2)3)23-8-5-11-27-16-18-6-12-26-13-7-18/h9-10,17-18H,4-8,11-16H2,1-3H3,(H2,21,23,24). The summed E-state index contributed by atoms with van der Waals surface area (Å²) in [6.07, 6.45) is 7.10. The van der Waals surface area contributed by atoms with Crippen molar-refractivity contribution in [2.45, 2.75) is 53.1 Å². The van der Waals surface area contributed by atoms with Gasteiger partial charge in [0.05, 0.1) is 0 Å². The lowest BCUT2D eigenvalue weighted by Crippen LogP contribution is -2.38. The van der Waals surface area contributed by atoms with Gasteiger partial charge in [-0.1, -0.05) is 13.8 Å². The molecule has 27 heavy (non-hydrogen) atoms. The molecule has 1 aromatic heterocycles. The normalized spacial score (nSPS) is 16.1. The summed E-state index contributed by atoms with van der Waals surface area (Å²) in [5.74, 6) is 3.09. The minimum Gasteiger partial charge on any atom is -0.381 e. The van der Waals surface area contributed by atoms with Crippen molar-refractivity contribution in [3.63, 3.8) is 0 Å². The number of guanidine groups is 1. The topological polar surface area (TPSA) is 72.7 Å². The van der Waals surface area contributed by atoms with Crippen LogP contribution in [0.3, 0.4) is 0 Å². The summed E-state index contributed by atoms with van der Waals surface area (Å²) >= 11 is 0. The molecule has 0 bridgehead atoms. The molecule has 2 N–H and O–H groups in total. The minimum atomic E-state index is 0.579. The Morgan fingerprint density at radius 2 is 2.19 bits per heavy atom. The Bertz CT molecular complexity index is 538. The number of hydrogen-bond donors (Lipinski definition) is 2. The molecule has 1 fully saturated rings. The lowest BCUT2D eigenvalue weighted by atomic mass is 10.0. The third-order valence-corrected chi connectivity index (χ3v) is 4.54. The molecule has 0 atom stereocenters. The maximum atomic E-state index is 5.82. The molecule has 0 saturated carbocycles. The average Bonchev–Trinajstić information content (AvgIpc) is 3.09. The Balaban J connectivity index is 1.66. The van der Waals surface area contributed by atoms with E-state index in [1.54, 1.807) is 0 Å². The summed E-state index contributed by atoms with van der Waals surface area (Å²) in [5.41, 5.74) is 0. The summed E-state index contributed by atoms with van der Waals surface area (Å²) in [7, 11) is 0.